The van der Waals surface area contributed by atoms with Crippen LogP contribution in [0.5, 0.6) is 0 Å². The molecule has 1 unspecified atom stereocenters. The number of hydrogen-bond acceptors (Lipinski definition) is 3. The Hall–Kier alpha value is -2.27. The number of hydrogen-bond donors (Lipinski definition) is 2. The van der Waals surface area contributed by atoms with Crippen LogP contribution in [-0.4, -0.2) is 24.5 Å². The van der Waals surface area contributed by atoms with Gasteiger partial charge in [-0.1, -0.05) is 31.2 Å². The Morgan fingerprint density at radius 1 is 1.25 bits per heavy atom. The van der Waals surface area contributed by atoms with Crippen molar-refractivity contribution in [3.63, 3.8) is 0 Å². The summed E-state index contributed by atoms with van der Waals surface area (Å²) in [6.45, 7) is 8.34. The van der Waals surface area contributed by atoms with Gasteiger partial charge in [0.2, 0.25) is 0 Å². The average molecular weight is 329 g/mol. The van der Waals surface area contributed by atoms with E-state index >= 15 is 0 Å². The summed E-state index contributed by atoms with van der Waals surface area (Å²) in [4.78, 5) is 14.3. The SMILES string of the molecule is CCN(C)Cc1cccc(CNC(=O)NC(C)c2ccc(C)o2)c1. The molecule has 0 saturated carbocycles. The van der Waals surface area contributed by atoms with Crippen LogP contribution in [0.4, 0.5) is 4.79 Å². The molecule has 0 aliphatic heterocycles. The van der Waals surface area contributed by atoms with Gasteiger partial charge in [-0.05, 0) is 50.7 Å². The van der Waals surface area contributed by atoms with Crippen molar-refractivity contribution in [3.8, 4) is 0 Å². The Kier molecular flexibility index (Phi) is 6.44. The van der Waals surface area contributed by atoms with Gasteiger partial charge >= 0.3 is 6.03 Å². The van der Waals surface area contributed by atoms with Gasteiger partial charge < -0.3 is 20.0 Å². The standard InChI is InChI=1S/C19H27N3O2/c1-5-22(4)13-17-8-6-7-16(11-17)12-20-19(23)21-15(3)18-10-9-14(2)24-18/h6-11,15H,5,12-13H2,1-4H3,(H2,20,21,23). The number of carbonyl (C=O) groups is 1. The molecule has 0 aliphatic rings. The topological polar surface area (TPSA) is 57.5 Å². The Labute approximate surface area is 144 Å². The first-order valence-corrected chi connectivity index (χ1v) is 8.35. The van der Waals surface area contributed by atoms with Crippen LogP contribution in [0.25, 0.3) is 0 Å². The third-order valence-corrected chi connectivity index (χ3v) is 3.97. The molecule has 0 aliphatic carbocycles. The molecule has 2 N–H and O–H groups in total. The first kappa shape index (κ1) is 18.1. The number of furan rings is 1. The molecule has 5 nitrogen and oxygen atoms in total. The van der Waals surface area contributed by atoms with E-state index in [0.29, 0.717) is 6.54 Å². The van der Waals surface area contributed by atoms with Gasteiger partial charge in [0.15, 0.2) is 0 Å². The quantitative estimate of drug-likeness (QED) is 0.816. The monoisotopic (exact) mass is 329 g/mol. The fourth-order valence-electron chi connectivity index (χ4n) is 2.45. The number of amides is 2. The van der Waals surface area contributed by atoms with E-state index in [2.05, 4.69) is 41.6 Å². The van der Waals surface area contributed by atoms with E-state index in [1.807, 2.05) is 38.1 Å². The Bertz CT molecular complexity index is 666. The second-order valence-electron chi connectivity index (χ2n) is 6.15. The van der Waals surface area contributed by atoms with Crippen LogP contribution in [0.1, 0.15) is 42.5 Å². The fraction of sp³-hybridized carbons (Fsp3) is 0.421. The van der Waals surface area contributed by atoms with Gasteiger partial charge in [-0.15, -0.1) is 0 Å². The highest BCUT2D eigenvalue weighted by Gasteiger charge is 2.12. The summed E-state index contributed by atoms with van der Waals surface area (Å²) in [5, 5.41) is 5.78. The van der Waals surface area contributed by atoms with Crippen LogP contribution in [0, 0.1) is 6.92 Å². The van der Waals surface area contributed by atoms with Crippen molar-refractivity contribution < 1.29 is 9.21 Å². The highest BCUT2D eigenvalue weighted by Crippen LogP contribution is 2.15. The molecule has 1 aromatic heterocycles. The largest absolute Gasteiger partial charge is 0.464 e. The predicted molar refractivity (Wildman–Crippen MR) is 95.7 cm³/mol. The molecule has 2 amide bonds. The molecule has 0 spiro atoms. The number of carbonyl (C=O) groups excluding carboxylic acids is 1. The third-order valence-electron chi connectivity index (χ3n) is 3.97. The predicted octanol–water partition coefficient (Wildman–Crippen LogP) is 3.60. The van der Waals surface area contributed by atoms with E-state index in [9.17, 15) is 4.79 Å². The van der Waals surface area contributed by atoms with Crippen LogP contribution in [-0.2, 0) is 13.1 Å². The minimum absolute atomic E-state index is 0.164. The molecule has 1 heterocycles. The molecule has 0 saturated heterocycles. The van der Waals surface area contributed by atoms with Crippen LogP contribution in [0.15, 0.2) is 40.8 Å². The minimum Gasteiger partial charge on any atom is -0.464 e. The van der Waals surface area contributed by atoms with Gasteiger partial charge in [-0.2, -0.15) is 0 Å². The summed E-state index contributed by atoms with van der Waals surface area (Å²) in [7, 11) is 2.09. The third kappa shape index (κ3) is 5.42. The normalized spacial score (nSPS) is 12.2. The molecule has 24 heavy (non-hydrogen) atoms. The maximum absolute atomic E-state index is 12.0. The lowest BCUT2D eigenvalue weighted by Gasteiger charge is -2.15. The van der Waals surface area contributed by atoms with Gasteiger partial charge in [-0.25, -0.2) is 4.79 Å². The first-order chi connectivity index (χ1) is 11.5. The second kappa shape index (κ2) is 8.55. The lowest BCUT2D eigenvalue weighted by molar-refractivity contribution is 0.235. The van der Waals surface area contributed by atoms with Crippen LogP contribution >= 0.6 is 0 Å². The number of aryl methyl sites for hydroxylation is 1. The Morgan fingerprint density at radius 3 is 2.67 bits per heavy atom. The van der Waals surface area contributed by atoms with Crippen molar-refractivity contribution in [3.05, 3.63) is 59.0 Å². The Morgan fingerprint density at radius 2 is 2.00 bits per heavy atom. The lowest BCUT2D eigenvalue weighted by Crippen LogP contribution is -2.36. The second-order valence-corrected chi connectivity index (χ2v) is 6.15. The summed E-state index contributed by atoms with van der Waals surface area (Å²) in [5.41, 5.74) is 2.34. The zero-order valence-corrected chi connectivity index (χ0v) is 14.9. The number of nitrogens with one attached hydrogen (secondary N) is 2. The smallest absolute Gasteiger partial charge is 0.315 e. The molecular formula is C19H27N3O2. The van der Waals surface area contributed by atoms with Gasteiger partial charge in [0, 0.05) is 13.1 Å². The molecule has 0 radical (unpaired) electrons. The fourth-order valence-corrected chi connectivity index (χ4v) is 2.45. The number of urea groups is 1. The highest BCUT2D eigenvalue weighted by atomic mass is 16.3. The summed E-state index contributed by atoms with van der Waals surface area (Å²) >= 11 is 0. The van der Waals surface area contributed by atoms with Gasteiger partial charge in [0.1, 0.15) is 11.5 Å². The van der Waals surface area contributed by atoms with Crippen molar-refractivity contribution in [1.82, 2.24) is 15.5 Å². The van der Waals surface area contributed by atoms with Crippen LogP contribution in [0.2, 0.25) is 0 Å². The van der Waals surface area contributed by atoms with E-state index in [4.69, 9.17) is 4.42 Å². The Balaban J connectivity index is 1.84. The molecule has 5 heteroatoms. The average Bonchev–Trinajstić information content (AvgIpc) is 3.00. The summed E-state index contributed by atoms with van der Waals surface area (Å²) in [5.74, 6) is 1.60. The van der Waals surface area contributed by atoms with Crippen LogP contribution in [0.3, 0.4) is 0 Å². The molecule has 130 valence electrons. The van der Waals surface area contributed by atoms with E-state index in [-0.39, 0.29) is 12.1 Å². The maximum atomic E-state index is 12.0. The van der Waals surface area contributed by atoms with Gasteiger partial charge in [0.05, 0.1) is 6.04 Å². The maximum Gasteiger partial charge on any atom is 0.315 e. The number of nitrogens with zero attached hydrogens (tertiary/aromatic N) is 1. The van der Waals surface area contributed by atoms with Crippen molar-refractivity contribution in [1.29, 1.82) is 0 Å². The molecule has 1 atom stereocenters. The van der Waals surface area contributed by atoms with E-state index < -0.39 is 0 Å². The zero-order chi connectivity index (χ0) is 17.5. The van der Waals surface area contributed by atoms with Crippen molar-refractivity contribution in [2.24, 2.45) is 0 Å². The van der Waals surface area contributed by atoms with Crippen molar-refractivity contribution in [2.75, 3.05) is 13.6 Å². The molecule has 0 fully saturated rings. The molecule has 0 bridgehead atoms. The van der Waals surface area contributed by atoms with Crippen molar-refractivity contribution in [2.45, 2.75) is 39.9 Å². The molecular weight excluding hydrogens is 302 g/mol. The summed E-state index contributed by atoms with van der Waals surface area (Å²) < 4.78 is 5.53. The van der Waals surface area contributed by atoms with E-state index in [0.717, 1.165) is 30.2 Å². The van der Waals surface area contributed by atoms with Gasteiger partial charge in [-0.3, -0.25) is 0 Å². The van der Waals surface area contributed by atoms with Crippen LogP contribution < -0.4 is 10.6 Å². The zero-order valence-electron chi connectivity index (χ0n) is 14.9. The highest BCUT2D eigenvalue weighted by molar-refractivity contribution is 5.74. The molecule has 2 rings (SSSR count). The number of rotatable bonds is 7. The van der Waals surface area contributed by atoms with E-state index in [1.165, 1.54) is 5.56 Å². The summed E-state index contributed by atoms with van der Waals surface area (Å²) in [6, 6.07) is 11.7. The van der Waals surface area contributed by atoms with Gasteiger partial charge in [0.25, 0.3) is 0 Å². The number of benzene rings is 1. The molecule has 2 aromatic rings. The minimum atomic E-state index is -0.201. The van der Waals surface area contributed by atoms with Crippen molar-refractivity contribution >= 4 is 6.03 Å². The molecule has 1 aromatic carbocycles. The lowest BCUT2D eigenvalue weighted by atomic mass is 10.1. The first-order valence-electron chi connectivity index (χ1n) is 8.35. The summed E-state index contributed by atoms with van der Waals surface area (Å²) in [6.07, 6.45) is 0. The van der Waals surface area contributed by atoms with E-state index in [1.54, 1.807) is 0 Å².